The Kier molecular flexibility index (Phi) is 3.96. The van der Waals surface area contributed by atoms with E-state index in [4.69, 9.17) is 11.6 Å². The number of benzene rings is 2. The fourth-order valence-electron chi connectivity index (χ4n) is 1.72. The third kappa shape index (κ3) is 3.18. The van der Waals surface area contributed by atoms with Crippen molar-refractivity contribution in [3.05, 3.63) is 69.7 Å². The van der Waals surface area contributed by atoms with Gasteiger partial charge < -0.3 is 0 Å². The Balaban J connectivity index is 2.25. The second-order valence-electron chi connectivity index (χ2n) is 4.30. The number of hydrogen-bond acceptors (Lipinski definition) is 1. The Morgan fingerprint density at radius 1 is 1.16 bits per heavy atom. The van der Waals surface area contributed by atoms with Gasteiger partial charge in [0.25, 0.3) is 0 Å². The van der Waals surface area contributed by atoms with E-state index in [2.05, 4.69) is 0 Å². The quantitative estimate of drug-likeness (QED) is 0.764. The molecule has 0 aromatic heterocycles. The largest absolute Gasteiger partial charge is 0.294 e. The molecule has 0 spiro atoms. The number of halogens is 3. The van der Waals surface area contributed by atoms with Crippen LogP contribution in [0.25, 0.3) is 0 Å². The molecule has 2 aromatic carbocycles. The zero-order chi connectivity index (χ0) is 14.0. The Morgan fingerprint density at radius 3 is 2.58 bits per heavy atom. The van der Waals surface area contributed by atoms with Crippen LogP contribution >= 0.6 is 11.6 Å². The number of hydrogen-bond donors (Lipinski definition) is 0. The molecule has 2 rings (SSSR count). The van der Waals surface area contributed by atoms with E-state index in [0.29, 0.717) is 16.1 Å². The first-order chi connectivity index (χ1) is 8.97. The monoisotopic (exact) mass is 280 g/mol. The van der Waals surface area contributed by atoms with Crippen molar-refractivity contribution in [2.24, 2.45) is 0 Å². The summed E-state index contributed by atoms with van der Waals surface area (Å²) in [7, 11) is 0. The van der Waals surface area contributed by atoms with Gasteiger partial charge in [-0.25, -0.2) is 8.78 Å². The maximum atomic E-state index is 13.4. The minimum Gasteiger partial charge on any atom is -0.294 e. The Labute approximate surface area is 114 Å². The molecule has 0 unspecified atom stereocenters. The summed E-state index contributed by atoms with van der Waals surface area (Å²) in [6.07, 6.45) is -0.0565. The highest BCUT2D eigenvalue weighted by Crippen LogP contribution is 2.20. The highest BCUT2D eigenvalue weighted by atomic mass is 35.5. The smallest absolute Gasteiger partial charge is 0.167 e. The molecule has 98 valence electrons. The molecule has 0 aliphatic heterocycles. The summed E-state index contributed by atoms with van der Waals surface area (Å²) < 4.78 is 26.5. The van der Waals surface area contributed by atoms with Gasteiger partial charge in [0, 0.05) is 17.0 Å². The molecule has 0 bridgehead atoms. The van der Waals surface area contributed by atoms with Crippen LogP contribution in [0.2, 0.25) is 5.02 Å². The second kappa shape index (κ2) is 5.49. The lowest BCUT2D eigenvalue weighted by Gasteiger charge is -2.05. The summed E-state index contributed by atoms with van der Waals surface area (Å²) in [6, 6.07) is 8.11. The van der Waals surface area contributed by atoms with Gasteiger partial charge in [-0.3, -0.25) is 4.79 Å². The van der Waals surface area contributed by atoms with Crippen LogP contribution in [-0.2, 0) is 6.42 Å². The summed E-state index contributed by atoms with van der Waals surface area (Å²) in [5.74, 6) is -1.19. The summed E-state index contributed by atoms with van der Waals surface area (Å²) >= 11 is 5.89. The Hall–Kier alpha value is -1.74. The summed E-state index contributed by atoms with van der Waals surface area (Å²) in [5, 5.41) is 0.322. The van der Waals surface area contributed by atoms with Crippen LogP contribution in [0.4, 0.5) is 8.78 Å². The molecule has 0 aliphatic carbocycles. The Bertz CT molecular complexity index is 638. The van der Waals surface area contributed by atoms with Crippen molar-refractivity contribution in [1.82, 2.24) is 0 Å². The van der Waals surface area contributed by atoms with Crippen molar-refractivity contribution < 1.29 is 13.6 Å². The van der Waals surface area contributed by atoms with E-state index in [1.54, 1.807) is 13.0 Å². The zero-order valence-electron chi connectivity index (χ0n) is 10.2. The lowest BCUT2D eigenvalue weighted by Crippen LogP contribution is -2.05. The van der Waals surface area contributed by atoms with Gasteiger partial charge in [-0.1, -0.05) is 23.7 Å². The van der Waals surface area contributed by atoms with Gasteiger partial charge in [-0.15, -0.1) is 0 Å². The van der Waals surface area contributed by atoms with E-state index in [-0.39, 0.29) is 17.8 Å². The van der Waals surface area contributed by atoms with Crippen molar-refractivity contribution >= 4 is 17.4 Å². The van der Waals surface area contributed by atoms with E-state index >= 15 is 0 Å². The first-order valence-corrected chi connectivity index (χ1v) is 6.08. The van der Waals surface area contributed by atoms with Crippen molar-refractivity contribution in [3.63, 3.8) is 0 Å². The maximum Gasteiger partial charge on any atom is 0.167 e. The van der Waals surface area contributed by atoms with Gasteiger partial charge in [0.15, 0.2) is 5.78 Å². The third-order valence-corrected chi connectivity index (χ3v) is 3.22. The summed E-state index contributed by atoms with van der Waals surface area (Å²) in [4.78, 5) is 12.0. The molecular weight excluding hydrogens is 270 g/mol. The fraction of sp³-hybridized carbons (Fsp3) is 0.133. The highest BCUT2D eigenvalue weighted by molar-refractivity contribution is 6.31. The molecular formula is C15H11ClF2O. The van der Waals surface area contributed by atoms with E-state index in [1.807, 2.05) is 0 Å². The number of carbonyl (C=O) groups is 1. The normalized spacial score (nSPS) is 10.5. The zero-order valence-corrected chi connectivity index (χ0v) is 11.0. The molecule has 0 saturated heterocycles. The molecule has 0 saturated carbocycles. The van der Waals surface area contributed by atoms with Gasteiger partial charge >= 0.3 is 0 Å². The van der Waals surface area contributed by atoms with Gasteiger partial charge in [-0.05, 0) is 42.3 Å². The van der Waals surface area contributed by atoms with E-state index in [1.165, 1.54) is 30.3 Å². The molecule has 0 amide bonds. The number of aryl methyl sites for hydroxylation is 1. The molecule has 0 heterocycles. The molecule has 0 aliphatic rings. The van der Waals surface area contributed by atoms with E-state index in [0.717, 1.165) is 0 Å². The molecule has 0 atom stereocenters. The minimum absolute atomic E-state index is 0.0565. The summed E-state index contributed by atoms with van der Waals surface area (Å²) in [5.41, 5.74) is 1.12. The molecule has 2 aromatic rings. The first-order valence-electron chi connectivity index (χ1n) is 5.70. The lowest BCUT2D eigenvalue weighted by atomic mass is 10.0. The average molecular weight is 281 g/mol. The number of ketones is 1. The molecule has 19 heavy (non-hydrogen) atoms. The SMILES string of the molecule is Cc1ccc(C(=O)Cc2cc(F)ccc2Cl)cc1F. The van der Waals surface area contributed by atoms with Crippen LogP contribution in [0.1, 0.15) is 21.5 Å². The Morgan fingerprint density at radius 2 is 1.89 bits per heavy atom. The van der Waals surface area contributed by atoms with Gasteiger partial charge in [0.2, 0.25) is 0 Å². The first kappa shape index (κ1) is 13.7. The van der Waals surface area contributed by atoms with Gasteiger partial charge in [0.05, 0.1) is 0 Å². The third-order valence-electron chi connectivity index (χ3n) is 2.85. The maximum absolute atomic E-state index is 13.4. The highest BCUT2D eigenvalue weighted by Gasteiger charge is 2.12. The molecule has 4 heteroatoms. The van der Waals surface area contributed by atoms with Crippen molar-refractivity contribution in [3.8, 4) is 0 Å². The molecule has 1 nitrogen and oxygen atoms in total. The predicted molar refractivity (Wildman–Crippen MR) is 70.6 cm³/mol. The van der Waals surface area contributed by atoms with Crippen molar-refractivity contribution in [2.45, 2.75) is 13.3 Å². The number of Topliss-reactive ketones (excluding diaryl/α,β-unsaturated/α-hetero) is 1. The fourth-order valence-corrected chi connectivity index (χ4v) is 1.90. The van der Waals surface area contributed by atoms with Crippen LogP contribution in [0.3, 0.4) is 0 Å². The van der Waals surface area contributed by atoms with Crippen LogP contribution < -0.4 is 0 Å². The second-order valence-corrected chi connectivity index (χ2v) is 4.71. The van der Waals surface area contributed by atoms with Crippen molar-refractivity contribution in [1.29, 1.82) is 0 Å². The minimum atomic E-state index is -0.456. The lowest BCUT2D eigenvalue weighted by molar-refractivity contribution is 0.0992. The van der Waals surface area contributed by atoms with Crippen LogP contribution in [0, 0.1) is 18.6 Å². The predicted octanol–water partition coefficient (Wildman–Crippen LogP) is 4.35. The van der Waals surface area contributed by atoms with Crippen molar-refractivity contribution in [2.75, 3.05) is 0 Å². The van der Waals surface area contributed by atoms with Crippen LogP contribution in [-0.4, -0.2) is 5.78 Å². The van der Waals surface area contributed by atoms with Crippen LogP contribution in [0.5, 0.6) is 0 Å². The van der Waals surface area contributed by atoms with Gasteiger partial charge in [0.1, 0.15) is 11.6 Å². The number of carbonyl (C=O) groups excluding carboxylic acids is 1. The molecule has 0 N–H and O–H groups in total. The average Bonchev–Trinajstić information content (AvgIpc) is 2.37. The van der Waals surface area contributed by atoms with E-state index < -0.39 is 11.6 Å². The topological polar surface area (TPSA) is 17.1 Å². The summed E-state index contributed by atoms with van der Waals surface area (Å²) in [6.45, 7) is 1.62. The molecule has 0 fully saturated rings. The van der Waals surface area contributed by atoms with Crippen LogP contribution in [0.15, 0.2) is 36.4 Å². The standard InChI is InChI=1S/C15H11ClF2O/c1-9-2-3-10(7-14(9)18)15(19)8-11-6-12(17)4-5-13(11)16/h2-7H,8H2,1H3. The molecule has 0 radical (unpaired) electrons. The number of rotatable bonds is 3. The van der Waals surface area contributed by atoms with Gasteiger partial charge in [-0.2, -0.15) is 0 Å². The van der Waals surface area contributed by atoms with E-state index in [9.17, 15) is 13.6 Å².